The van der Waals surface area contributed by atoms with Crippen LogP contribution in [0.15, 0.2) is 0 Å². The van der Waals surface area contributed by atoms with Gasteiger partial charge in [-0.25, -0.2) is 0 Å². The van der Waals surface area contributed by atoms with E-state index in [-0.39, 0.29) is 0 Å². The first-order valence-electron chi connectivity index (χ1n) is 6.89. The minimum Gasteiger partial charge on any atom is -0.389 e. The molecule has 4 N–H and O–H groups in total. The van der Waals surface area contributed by atoms with E-state index >= 15 is 0 Å². The lowest BCUT2D eigenvalue weighted by atomic mass is 9.84. The van der Waals surface area contributed by atoms with E-state index in [0.29, 0.717) is 12.0 Å². The Kier molecular flexibility index (Phi) is 4.22. The molecule has 0 aromatic heterocycles. The van der Waals surface area contributed by atoms with Crippen molar-refractivity contribution < 1.29 is 5.11 Å². The van der Waals surface area contributed by atoms with Crippen LogP contribution in [0.25, 0.3) is 0 Å². The van der Waals surface area contributed by atoms with Gasteiger partial charge in [0.05, 0.1) is 5.60 Å². The maximum atomic E-state index is 10.4. The van der Waals surface area contributed by atoms with Crippen molar-refractivity contribution in [3.63, 3.8) is 0 Å². The Hall–Kier alpha value is -0.120. The topological polar surface area (TPSA) is 58.3 Å². The summed E-state index contributed by atoms with van der Waals surface area (Å²) < 4.78 is 0. The van der Waals surface area contributed by atoms with Crippen molar-refractivity contribution in [1.82, 2.24) is 5.32 Å². The molecular formula is C13H26N2O. The second kappa shape index (κ2) is 5.48. The number of hydrogen-bond donors (Lipinski definition) is 3. The zero-order valence-electron chi connectivity index (χ0n) is 10.3. The van der Waals surface area contributed by atoms with Crippen LogP contribution < -0.4 is 11.1 Å². The van der Waals surface area contributed by atoms with E-state index in [0.717, 1.165) is 25.9 Å². The minimum absolute atomic E-state index is 0.431. The second-order valence-corrected chi connectivity index (χ2v) is 5.70. The summed E-state index contributed by atoms with van der Waals surface area (Å²) >= 11 is 0. The number of rotatable bonds is 4. The van der Waals surface area contributed by atoms with Gasteiger partial charge in [-0.15, -0.1) is 0 Å². The zero-order valence-corrected chi connectivity index (χ0v) is 10.3. The van der Waals surface area contributed by atoms with Crippen LogP contribution in [0.4, 0.5) is 0 Å². The predicted octanol–water partition coefficient (Wildman–Crippen LogP) is 1.40. The molecule has 0 aliphatic heterocycles. The first kappa shape index (κ1) is 12.3. The highest BCUT2D eigenvalue weighted by Crippen LogP contribution is 2.29. The third-order valence-corrected chi connectivity index (χ3v) is 4.44. The third kappa shape index (κ3) is 2.96. The Labute approximate surface area is 98.8 Å². The molecule has 0 radical (unpaired) electrons. The Morgan fingerprint density at radius 2 is 1.88 bits per heavy atom. The first-order chi connectivity index (χ1) is 7.73. The zero-order chi connectivity index (χ0) is 11.4. The van der Waals surface area contributed by atoms with Gasteiger partial charge in [0, 0.05) is 12.6 Å². The molecule has 3 heteroatoms. The van der Waals surface area contributed by atoms with Crippen LogP contribution >= 0.6 is 0 Å². The van der Waals surface area contributed by atoms with Gasteiger partial charge in [0.15, 0.2) is 0 Å². The van der Waals surface area contributed by atoms with Crippen LogP contribution in [0, 0.1) is 5.92 Å². The molecule has 2 fully saturated rings. The monoisotopic (exact) mass is 226 g/mol. The fourth-order valence-corrected chi connectivity index (χ4v) is 3.30. The van der Waals surface area contributed by atoms with Gasteiger partial charge in [-0.05, 0) is 38.1 Å². The lowest BCUT2D eigenvalue weighted by molar-refractivity contribution is 0.00176. The van der Waals surface area contributed by atoms with Gasteiger partial charge in [0.1, 0.15) is 0 Å². The average molecular weight is 226 g/mol. The van der Waals surface area contributed by atoms with Crippen LogP contribution in [0.3, 0.4) is 0 Å². The van der Waals surface area contributed by atoms with Crippen molar-refractivity contribution >= 4 is 0 Å². The normalized spacial score (nSPS) is 34.1. The van der Waals surface area contributed by atoms with Crippen LogP contribution in [-0.2, 0) is 0 Å². The Balaban J connectivity index is 1.77. The lowest BCUT2D eigenvalue weighted by Gasteiger charge is -2.34. The molecule has 2 unspecified atom stereocenters. The van der Waals surface area contributed by atoms with E-state index in [1.165, 1.54) is 38.5 Å². The molecule has 0 aromatic rings. The van der Waals surface area contributed by atoms with Gasteiger partial charge in [0.2, 0.25) is 0 Å². The molecule has 2 atom stereocenters. The van der Waals surface area contributed by atoms with E-state index in [9.17, 15) is 5.11 Å². The van der Waals surface area contributed by atoms with Crippen LogP contribution in [0.1, 0.15) is 51.4 Å². The van der Waals surface area contributed by atoms with E-state index in [1.54, 1.807) is 0 Å². The maximum Gasteiger partial charge on any atom is 0.0771 e. The Morgan fingerprint density at radius 1 is 1.12 bits per heavy atom. The SMILES string of the molecule is NCC1CCCC1NCC1(O)CCCCC1. The summed E-state index contributed by atoms with van der Waals surface area (Å²) in [7, 11) is 0. The number of nitrogens with one attached hydrogen (secondary N) is 1. The van der Waals surface area contributed by atoms with E-state index < -0.39 is 5.60 Å². The molecule has 0 aromatic carbocycles. The van der Waals surface area contributed by atoms with Gasteiger partial charge in [0.25, 0.3) is 0 Å². The molecule has 3 nitrogen and oxygen atoms in total. The third-order valence-electron chi connectivity index (χ3n) is 4.44. The standard InChI is InChI=1S/C13H26N2O/c14-9-11-5-4-6-12(11)15-10-13(16)7-2-1-3-8-13/h11-12,15-16H,1-10,14H2. The van der Waals surface area contributed by atoms with Gasteiger partial charge >= 0.3 is 0 Å². The van der Waals surface area contributed by atoms with Crippen molar-refractivity contribution in [3.8, 4) is 0 Å². The smallest absolute Gasteiger partial charge is 0.0771 e. The molecule has 0 bridgehead atoms. The molecule has 2 rings (SSSR count). The molecular weight excluding hydrogens is 200 g/mol. The second-order valence-electron chi connectivity index (χ2n) is 5.70. The van der Waals surface area contributed by atoms with Crippen molar-refractivity contribution in [2.24, 2.45) is 11.7 Å². The summed E-state index contributed by atoms with van der Waals surface area (Å²) in [5, 5.41) is 14.0. The first-order valence-corrected chi connectivity index (χ1v) is 6.89. The summed E-state index contributed by atoms with van der Waals surface area (Å²) in [6.45, 7) is 1.56. The fraction of sp³-hybridized carbons (Fsp3) is 1.00. The number of nitrogens with two attached hydrogens (primary N) is 1. The molecule has 2 aliphatic carbocycles. The summed E-state index contributed by atoms with van der Waals surface area (Å²) in [6, 6.07) is 0.552. The minimum atomic E-state index is -0.431. The quantitative estimate of drug-likeness (QED) is 0.679. The van der Waals surface area contributed by atoms with Crippen LogP contribution in [-0.4, -0.2) is 29.8 Å². The van der Waals surface area contributed by atoms with E-state index in [1.807, 2.05) is 0 Å². The van der Waals surface area contributed by atoms with Crippen LogP contribution in [0.2, 0.25) is 0 Å². The van der Waals surface area contributed by atoms with Crippen molar-refractivity contribution in [3.05, 3.63) is 0 Å². The molecule has 2 saturated carbocycles. The highest BCUT2D eigenvalue weighted by atomic mass is 16.3. The van der Waals surface area contributed by atoms with Crippen molar-refractivity contribution in [1.29, 1.82) is 0 Å². The summed E-state index contributed by atoms with van der Waals surface area (Å²) in [6.07, 6.45) is 9.38. The Bertz CT molecular complexity index is 214. The Morgan fingerprint density at radius 3 is 2.56 bits per heavy atom. The van der Waals surface area contributed by atoms with Crippen molar-refractivity contribution in [2.75, 3.05) is 13.1 Å². The summed E-state index contributed by atoms with van der Waals surface area (Å²) in [5.74, 6) is 0.632. The van der Waals surface area contributed by atoms with Gasteiger partial charge in [-0.2, -0.15) is 0 Å². The number of aliphatic hydroxyl groups is 1. The molecule has 2 aliphatic rings. The average Bonchev–Trinajstić information content (AvgIpc) is 2.75. The van der Waals surface area contributed by atoms with Gasteiger partial charge < -0.3 is 16.2 Å². The maximum absolute atomic E-state index is 10.4. The largest absolute Gasteiger partial charge is 0.389 e. The predicted molar refractivity (Wildman–Crippen MR) is 66.2 cm³/mol. The van der Waals surface area contributed by atoms with E-state index in [4.69, 9.17) is 5.73 Å². The van der Waals surface area contributed by atoms with Crippen molar-refractivity contribution in [2.45, 2.75) is 63.0 Å². The summed E-state index contributed by atoms with van der Waals surface area (Å²) in [4.78, 5) is 0. The molecule has 0 heterocycles. The highest BCUT2D eigenvalue weighted by Gasteiger charge is 2.32. The van der Waals surface area contributed by atoms with E-state index in [2.05, 4.69) is 5.32 Å². The molecule has 0 amide bonds. The molecule has 0 saturated heterocycles. The fourth-order valence-electron chi connectivity index (χ4n) is 3.30. The molecule has 16 heavy (non-hydrogen) atoms. The van der Waals surface area contributed by atoms with Crippen LogP contribution in [0.5, 0.6) is 0 Å². The molecule has 94 valence electrons. The van der Waals surface area contributed by atoms with Gasteiger partial charge in [-0.1, -0.05) is 25.7 Å². The molecule has 0 spiro atoms. The highest BCUT2D eigenvalue weighted by molar-refractivity contribution is 4.89. The lowest BCUT2D eigenvalue weighted by Crippen LogP contribution is -2.47. The number of hydrogen-bond acceptors (Lipinski definition) is 3. The van der Waals surface area contributed by atoms with Gasteiger partial charge in [-0.3, -0.25) is 0 Å². The summed E-state index contributed by atoms with van der Waals surface area (Å²) in [5.41, 5.74) is 5.33.